The lowest BCUT2D eigenvalue weighted by atomic mass is 10.1. The van der Waals surface area contributed by atoms with Gasteiger partial charge in [-0.3, -0.25) is 9.88 Å². The summed E-state index contributed by atoms with van der Waals surface area (Å²) in [6, 6.07) is 11.8. The third kappa shape index (κ3) is 5.65. The number of urea groups is 1. The number of ether oxygens (including phenoxy) is 3. The zero-order valence-electron chi connectivity index (χ0n) is 18.0. The van der Waals surface area contributed by atoms with E-state index in [-0.39, 0.29) is 6.03 Å². The molecule has 0 aliphatic carbocycles. The van der Waals surface area contributed by atoms with Crippen LogP contribution in [0.1, 0.15) is 11.3 Å². The average Bonchev–Trinajstić information content (AvgIpc) is 2.84. The highest BCUT2D eigenvalue weighted by molar-refractivity contribution is 5.74. The molecule has 31 heavy (non-hydrogen) atoms. The quantitative estimate of drug-likeness (QED) is 0.706. The van der Waals surface area contributed by atoms with Crippen molar-refractivity contribution < 1.29 is 19.0 Å². The molecule has 0 saturated carbocycles. The summed E-state index contributed by atoms with van der Waals surface area (Å²) in [6.07, 6.45) is 1.77. The number of nitrogens with zero attached hydrogens (tertiary/aromatic N) is 4. The Balaban J connectivity index is 1.35. The number of piperazine rings is 1. The second-order valence-electron chi connectivity index (χ2n) is 7.73. The molecule has 4 rings (SSSR count). The Morgan fingerprint density at radius 3 is 2.52 bits per heavy atom. The van der Waals surface area contributed by atoms with Crippen LogP contribution in [0.4, 0.5) is 4.79 Å². The van der Waals surface area contributed by atoms with Crippen LogP contribution in [-0.4, -0.2) is 85.3 Å². The number of methoxy groups -OCH3 is 1. The number of pyridine rings is 1. The van der Waals surface area contributed by atoms with E-state index in [4.69, 9.17) is 14.2 Å². The Labute approximate surface area is 183 Å². The number of hydrogen-bond acceptors (Lipinski definition) is 6. The zero-order chi connectivity index (χ0) is 21.5. The highest BCUT2D eigenvalue weighted by Crippen LogP contribution is 2.27. The Kier molecular flexibility index (Phi) is 7.22. The van der Waals surface area contributed by atoms with Gasteiger partial charge in [-0.15, -0.1) is 0 Å². The topological polar surface area (TPSA) is 67.4 Å². The molecule has 8 heteroatoms. The minimum atomic E-state index is 0.128. The molecule has 0 atom stereocenters. The largest absolute Gasteiger partial charge is 0.497 e. The molecular formula is C23H30N4O4. The minimum absolute atomic E-state index is 0.128. The van der Waals surface area contributed by atoms with Crippen molar-refractivity contribution in [3.63, 3.8) is 0 Å². The number of rotatable bonds is 6. The first-order chi connectivity index (χ1) is 15.2. The van der Waals surface area contributed by atoms with Crippen molar-refractivity contribution in [1.82, 2.24) is 19.7 Å². The van der Waals surface area contributed by atoms with Crippen molar-refractivity contribution in [1.29, 1.82) is 0 Å². The van der Waals surface area contributed by atoms with Crippen LogP contribution in [0.15, 0.2) is 42.6 Å². The molecule has 3 heterocycles. The first-order valence-corrected chi connectivity index (χ1v) is 10.8. The van der Waals surface area contributed by atoms with Gasteiger partial charge in [-0.25, -0.2) is 4.79 Å². The Morgan fingerprint density at radius 1 is 1.03 bits per heavy atom. The van der Waals surface area contributed by atoms with E-state index >= 15 is 0 Å². The predicted octanol–water partition coefficient (Wildman–Crippen LogP) is 2.24. The van der Waals surface area contributed by atoms with Crippen LogP contribution >= 0.6 is 0 Å². The van der Waals surface area contributed by atoms with Crippen molar-refractivity contribution in [3.8, 4) is 11.5 Å². The molecule has 0 N–H and O–H groups in total. The van der Waals surface area contributed by atoms with Gasteiger partial charge in [0.15, 0.2) is 0 Å². The van der Waals surface area contributed by atoms with Crippen molar-refractivity contribution in [2.45, 2.75) is 13.2 Å². The van der Waals surface area contributed by atoms with E-state index in [2.05, 4.69) is 9.88 Å². The Hall–Kier alpha value is -2.84. The van der Waals surface area contributed by atoms with Crippen molar-refractivity contribution in [2.24, 2.45) is 0 Å². The van der Waals surface area contributed by atoms with Gasteiger partial charge in [0.2, 0.25) is 0 Å². The van der Waals surface area contributed by atoms with Gasteiger partial charge in [-0.2, -0.15) is 0 Å². The van der Waals surface area contributed by atoms with Gasteiger partial charge in [0.25, 0.3) is 0 Å². The number of benzene rings is 1. The molecule has 166 valence electrons. The maximum Gasteiger partial charge on any atom is 0.320 e. The summed E-state index contributed by atoms with van der Waals surface area (Å²) >= 11 is 0. The molecule has 0 bridgehead atoms. The Morgan fingerprint density at radius 2 is 1.81 bits per heavy atom. The number of aromatic nitrogens is 1. The molecule has 0 radical (unpaired) electrons. The van der Waals surface area contributed by atoms with E-state index in [1.54, 1.807) is 13.3 Å². The fourth-order valence-corrected chi connectivity index (χ4v) is 3.88. The molecular weight excluding hydrogens is 396 g/mol. The lowest BCUT2D eigenvalue weighted by Gasteiger charge is -2.38. The molecule has 0 unspecified atom stereocenters. The van der Waals surface area contributed by atoms with Crippen LogP contribution in [-0.2, 0) is 17.9 Å². The number of carbonyl (C=O) groups is 1. The standard InChI is InChI=1S/C23H30N4O4/c1-29-21-5-6-22(31-18-20-4-2-3-7-24-20)19(16-21)17-25-8-10-26(11-9-25)23(28)27-12-14-30-15-13-27/h2-7,16H,8-15,17-18H2,1H3. The molecule has 2 fully saturated rings. The molecule has 1 aromatic heterocycles. The predicted molar refractivity (Wildman–Crippen MR) is 116 cm³/mol. The zero-order valence-corrected chi connectivity index (χ0v) is 18.0. The monoisotopic (exact) mass is 426 g/mol. The molecule has 1 aromatic carbocycles. The first-order valence-electron chi connectivity index (χ1n) is 10.8. The number of amides is 2. The molecule has 2 aliphatic rings. The highest BCUT2D eigenvalue weighted by atomic mass is 16.5. The summed E-state index contributed by atoms with van der Waals surface area (Å²) in [7, 11) is 1.67. The summed E-state index contributed by atoms with van der Waals surface area (Å²) in [5.74, 6) is 1.64. The van der Waals surface area contributed by atoms with Crippen LogP contribution in [0.2, 0.25) is 0 Å². The first kappa shape index (κ1) is 21.4. The number of hydrogen-bond donors (Lipinski definition) is 0. The van der Waals surface area contributed by atoms with E-state index in [0.29, 0.717) is 32.9 Å². The van der Waals surface area contributed by atoms with Crippen LogP contribution in [0.5, 0.6) is 11.5 Å². The summed E-state index contributed by atoms with van der Waals surface area (Å²) in [6.45, 7) is 6.89. The number of morpholine rings is 1. The maximum absolute atomic E-state index is 12.7. The second kappa shape index (κ2) is 10.5. The van der Waals surface area contributed by atoms with E-state index < -0.39 is 0 Å². The molecule has 0 spiro atoms. The van der Waals surface area contributed by atoms with Gasteiger partial charge < -0.3 is 24.0 Å². The molecule has 2 aromatic rings. The minimum Gasteiger partial charge on any atom is -0.497 e. The fourth-order valence-electron chi connectivity index (χ4n) is 3.88. The van der Waals surface area contributed by atoms with E-state index in [9.17, 15) is 4.79 Å². The van der Waals surface area contributed by atoms with Crippen LogP contribution in [0.3, 0.4) is 0 Å². The third-order valence-electron chi connectivity index (χ3n) is 5.69. The van der Waals surface area contributed by atoms with E-state index in [1.165, 1.54) is 0 Å². The lowest BCUT2D eigenvalue weighted by molar-refractivity contribution is 0.0372. The van der Waals surface area contributed by atoms with Crippen molar-refractivity contribution in [2.75, 3.05) is 59.6 Å². The summed E-state index contributed by atoms with van der Waals surface area (Å²) in [4.78, 5) is 23.2. The van der Waals surface area contributed by atoms with E-state index in [1.807, 2.05) is 46.2 Å². The van der Waals surface area contributed by atoms with Gasteiger partial charge in [0, 0.05) is 57.6 Å². The van der Waals surface area contributed by atoms with Crippen molar-refractivity contribution in [3.05, 3.63) is 53.9 Å². The Bertz CT molecular complexity index is 850. The van der Waals surface area contributed by atoms with Gasteiger partial charge in [0.05, 0.1) is 26.0 Å². The summed E-state index contributed by atoms with van der Waals surface area (Å²) in [5, 5.41) is 0. The average molecular weight is 427 g/mol. The normalized spacial score (nSPS) is 17.5. The number of carbonyl (C=O) groups excluding carboxylic acids is 1. The third-order valence-corrected chi connectivity index (χ3v) is 5.69. The fraction of sp³-hybridized carbons (Fsp3) is 0.478. The van der Waals surface area contributed by atoms with Crippen LogP contribution in [0.25, 0.3) is 0 Å². The lowest BCUT2D eigenvalue weighted by Crippen LogP contribution is -2.54. The SMILES string of the molecule is COc1ccc(OCc2ccccn2)c(CN2CCN(C(=O)N3CCOCC3)CC2)c1. The molecule has 2 amide bonds. The van der Waals surface area contributed by atoms with Gasteiger partial charge in [-0.05, 0) is 30.3 Å². The summed E-state index contributed by atoms with van der Waals surface area (Å²) in [5.41, 5.74) is 1.96. The second-order valence-corrected chi connectivity index (χ2v) is 7.73. The van der Waals surface area contributed by atoms with E-state index in [0.717, 1.165) is 55.5 Å². The van der Waals surface area contributed by atoms with Crippen molar-refractivity contribution >= 4 is 6.03 Å². The molecule has 2 aliphatic heterocycles. The van der Waals surface area contributed by atoms with Gasteiger partial charge >= 0.3 is 6.03 Å². The van der Waals surface area contributed by atoms with Gasteiger partial charge in [0.1, 0.15) is 18.1 Å². The summed E-state index contributed by atoms with van der Waals surface area (Å²) < 4.78 is 16.8. The maximum atomic E-state index is 12.7. The molecule has 2 saturated heterocycles. The smallest absolute Gasteiger partial charge is 0.320 e. The van der Waals surface area contributed by atoms with Gasteiger partial charge in [-0.1, -0.05) is 6.07 Å². The van der Waals surface area contributed by atoms with Crippen LogP contribution in [0, 0.1) is 0 Å². The highest BCUT2D eigenvalue weighted by Gasteiger charge is 2.26. The van der Waals surface area contributed by atoms with Crippen LogP contribution < -0.4 is 9.47 Å². The molecule has 8 nitrogen and oxygen atoms in total.